The number of nitrogens with zero attached hydrogens (tertiary/aromatic N) is 2. The molecule has 0 unspecified atom stereocenters. The van der Waals surface area contributed by atoms with E-state index < -0.39 is 6.10 Å². The summed E-state index contributed by atoms with van der Waals surface area (Å²) in [5, 5.41) is 12.6. The number of thiophene rings is 1. The van der Waals surface area contributed by atoms with Crippen LogP contribution in [0.25, 0.3) is 10.2 Å². The summed E-state index contributed by atoms with van der Waals surface area (Å²) < 4.78 is 7.06. The van der Waals surface area contributed by atoms with Crippen molar-refractivity contribution in [2.45, 2.75) is 38.8 Å². The van der Waals surface area contributed by atoms with Crippen molar-refractivity contribution in [3.05, 3.63) is 58.0 Å². The third-order valence-corrected chi connectivity index (χ3v) is 4.84. The van der Waals surface area contributed by atoms with Crippen LogP contribution in [0.1, 0.15) is 26.3 Å². The first-order chi connectivity index (χ1) is 11.8. The molecule has 0 amide bonds. The van der Waals surface area contributed by atoms with Gasteiger partial charge >= 0.3 is 0 Å². The molecule has 2 heterocycles. The molecule has 0 radical (unpaired) electrons. The van der Waals surface area contributed by atoms with E-state index in [2.05, 4.69) is 25.8 Å². The Morgan fingerprint density at radius 1 is 1.24 bits per heavy atom. The molecule has 0 spiro atoms. The first-order valence-corrected chi connectivity index (χ1v) is 9.06. The van der Waals surface area contributed by atoms with E-state index in [4.69, 9.17) is 4.74 Å². The maximum atomic E-state index is 12.3. The van der Waals surface area contributed by atoms with Gasteiger partial charge in [-0.1, -0.05) is 32.9 Å². The average molecular weight is 358 g/mol. The third kappa shape index (κ3) is 4.08. The number of rotatable bonds is 5. The van der Waals surface area contributed by atoms with Gasteiger partial charge in [0.1, 0.15) is 23.3 Å². The van der Waals surface area contributed by atoms with Gasteiger partial charge in [0, 0.05) is 0 Å². The van der Waals surface area contributed by atoms with Gasteiger partial charge < -0.3 is 9.84 Å². The molecule has 3 aromatic rings. The van der Waals surface area contributed by atoms with Crippen LogP contribution in [-0.2, 0) is 12.0 Å². The summed E-state index contributed by atoms with van der Waals surface area (Å²) in [6.07, 6.45) is 0.681. The van der Waals surface area contributed by atoms with Gasteiger partial charge in [0.25, 0.3) is 5.56 Å². The minimum atomic E-state index is -0.794. The zero-order valence-corrected chi connectivity index (χ0v) is 15.4. The molecule has 0 saturated carbocycles. The lowest BCUT2D eigenvalue weighted by Crippen LogP contribution is -2.30. The van der Waals surface area contributed by atoms with Crippen molar-refractivity contribution < 1.29 is 9.84 Å². The summed E-state index contributed by atoms with van der Waals surface area (Å²) in [4.78, 5) is 17.3. The molecule has 6 heteroatoms. The van der Waals surface area contributed by atoms with E-state index in [9.17, 15) is 9.90 Å². The first kappa shape index (κ1) is 17.6. The van der Waals surface area contributed by atoms with Crippen LogP contribution in [0.2, 0.25) is 0 Å². The van der Waals surface area contributed by atoms with Gasteiger partial charge in [-0.2, -0.15) is 0 Å². The zero-order chi connectivity index (χ0) is 18.0. The van der Waals surface area contributed by atoms with Crippen molar-refractivity contribution in [3.8, 4) is 5.75 Å². The lowest BCUT2D eigenvalue weighted by atomic mass is 9.87. The molecule has 1 N–H and O–H groups in total. The number of benzene rings is 1. The first-order valence-electron chi connectivity index (χ1n) is 8.18. The minimum absolute atomic E-state index is 0.0898. The summed E-state index contributed by atoms with van der Waals surface area (Å²) in [5.41, 5.74) is 1.17. The highest BCUT2D eigenvalue weighted by Gasteiger charge is 2.14. The molecular weight excluding hydrogens is 336 g/mol. The van der Waals surface area contributed by atoms with Gasteiger partial charge in [0.05, 0.1) is 18.3 Å². The highest BCUT2D eigenvalue weighted by Crippen LogP contribution is 2.24. The number of aliphatic hydroxyl groups excluding tert-OH is 1. The number of ether oxygens (including phenoxy) is 1. The number of hydrogen-bond acceptors (Lipinski definition) is 5. The molecule has 1 atom stereocenters. The van der Waals surface area contributed by atoms with Crippen molar-refractivity contribution in [2.75, 3.05) is 6.61 Å². The van der Waals surface area contributed by atoms with Gasteiger partial charge in [0.2, 0.25) is 0 Å². The minimum Gasteiger partial charge on any atom is -0.491 e. The molecule has 25 heavy (non-hydrogen) atoms. The summed E-state index contributed by atoms with van der Waals surface area (Å²) >= 11 is 1.43. The fraction of sp³-hybridized carbons (Fsp3) is 0.368. The summed E-state index contributed by atoms with van der Waals surface area (Å²) in [7, 11) is 0. The molecule has 132 valence electrons. The third-order valence-electron chi connectivity index (χ3n) is 4.02. The van der Waals surface area contributed by atoms with Gasteiger partial charge in [-0.05, 0) is 34.6 Å². The largest absolute Gasteiger partial charge is 0.491 e. The summed E-state index contributed by atoms with van der Waals surface area (Å²) in [6.45, 7) is 6.73. The lowest BCUT2D eigenvalue weighted by Gasteiger charge is -2.19. The Bertz CT molecular complexity index is 907. The lowest BCUT2D eigenvalue weighted by molar-refractivity contribution is 0.0914. The summed E-state index contributed by atoms with van der Waals surface area (Å²) in [5.74, 6) is 0.700. The fourth-order valence-electron chi connectivity index (χ4n) is 2.55. The maximum absolute atomic E-state index is 12.3. The second-order valence-corrected chi connectivity index (χ2v) is 7.98. The molecule has 0 aliphatic carbocycles. The average Bonchev–Trinajstić information content (AvgIpc) is 3.05. The van der Waals surface area contributed by atoms with Crippen LogP contribution in [0.5, 0.6) is 5.75 Å². The highest BCUT2D eigenvalue weighted by molar-refractivity contribution is 7.16. The molecule has 0 bridgehead atoms. The molecule has 2 aromatic heterocycles. The van der Waals surface area contributed by atoms with Crippen LogP contribution in [0, 0.1) is 0 Å². The molecule has 1 aromatic carbocycles. The molecule has 0 aliphatic rings. The van der Waals surface area contributed by atoms with Crippen molar-refractivity contribution in [3.63, 3.8) is 0 Å². The Balaban J connectivity index is 1.61. The van der Waals surface area contributed by atoms with Crippen molar-refractivity contribution in [1.82, 2.24) is 9.55 Å². The van der Waals surface area contributed by atoms with Crippen LogP contribution in [0.3, 0.4) is 0 Å². The van der Waals surface area contributed by atoms with Gasteiger partial charge in [-0.3, -0.25) is 9.36 Å². The van der Waals surface area contributed by atoms with Crippen LogP contribution < -0.4 is 10.3 Å². The van der Waals surface area contributed by atoms with E-state index >= 15 is 0 Å². The highest BCUT2D eigenvalue weighted by atomic mass is 32.1. The number of aromatic nitrogens is 2. The van der Waals surface area contributed by atoms with E-state index in [1.165, 1.54) is 27.8 Å². The van der Waals surface area contributed by atoms with Gasteiger partial charge in [-0.15, -0.1) is 11.3 Å². The number of hydrogen-bond donors (Lipinski definition) is 1. The molecule has 0 aliphatic heterocycles. The van der Waals surface area contributed by atoms with E-state index in [-0.39, 0.29) is 24.1 Å². The van der Waals surface area contributed by atoms with Gasteiger partial charge in [-0.25, -0.2) is 4.98 Å². The second-order valence-electron chi connectivity index (χ2n) is 7.08. The summed E-state index contributed by atoms with van der Waals surface area (Å²) in [6, 6.07) is 9.61. The normalized spacial score (nSPS) is 13.1. The second kappa shape index (κ2) is 6.98. The van der Waals surface area contributed by atoms with Crippen molar-refractivity contribution >= 4 is 21.6 Å². The number of aliphatic hydroxyl groups is 1. The Morgan fingerprint density at radius 3 is 2.64 bits per heavy atom. The van der Waals surface area contributed by atoms with Crippen LogP contribution in [-0.4, -0.2) is 27.4 Å². The maximum Gasteiger partial charge on any atom is 0.262 e. The topological polar surface area (TPSA) is 64.3 Å². The van der Waals surface area contributed by atoms with E-state index in [1.807, 2.05) is 29.6 Å². The molecule has 3 rings (SSSR count). The fourth-order valence-corrected chi connectivity index (χ4v) is 3.27. The van der Waals surface area contributed by atoms with Crippen molar-refractivity contribution in [1.29, 1.82) is 0 Å². The molecule has 5 nitrogen and oxygen atoms in total. The Morgan fingerprint density at radius 2 is 1.96 bits per heavy atom. The van der Waals surface area contributed by atoms with Crippen molar-refractivity contribution in [2.24, 2.45) is 0 Å². The predicted molar refractivity (Wildman–Crippen MR) is 101 cm³/mol. The monoisotopic (exact) mass is 358 g/mol. The van der Waals surface area contributed by atoms with E-state index in [0.29, 0.717) is 16.0 Å². The SMILES string of the molecule is CC(C)(C)c1ccc(OC[C@H](O)Cn2cnc3sccc3c2=O)cc1. The molecule has 0 fully saturated rings. The molecular formula is C19H22N2O3S. The van der Waals surface area contributed by atoms with E-state index in [1.54, 1.807) is 6.07 Å². The Kier molecular flexibility index (Phi) is 4.92. The zero-order valence-electron chi connectivity index (χ0n) is 14.6. The smallest absolute Gasteiger partial charge is 0.262 e. The Labute approximate surface area is 150 Å². The van der Waals surface area contributed by atoms with Crippen LogP contribution in [0.4, 0.5) is 0 Å². The Hall–Kier alpha value is -2.18. The standard InChI is InChI=1S/C19H22N2O3S/c1-19(2,3)13-4-6-15(7-5-13)24-11-14(22)10-21-12-20-17-16(18(21)23)8-9-25-17/h4-9,12,14,22H,10-11H2,1-3H3/t14-/m1/s1. The van der Waals surface area contributed by atoms with E-state index in [0.717, 1.165) is 0 Å². The predicted octanol–water partition coefficient (Wildman–Crippen LogP) is 3.20. The molecule has 0 saturated heterocycles. The van der Waals surface area contributed by atoms with Crippen LogP contribution in [0.15, 0.2) is 46.8 Å². The van der Waals surface area contributed by atoms with Crippen LogP contribution >= 0.6 is 11.3 Å². The number of fused-ring (bicyclic) bond motifs is 1. The van der Waals surface area contributed by atoms with Gasteiger partial charge in [0.15, 0.2) is 0 Å². The quantitative estimate of drug-likeness (QED) is 0.761.